The quantitative estimate of drug-likeness (QED) is 0.682. The number of hydrogen-bond donors (Lipinski definition) is 3. The van der Waals surface area contributed by atoms with Crippen LogP contribution in [0.1, 0.15) is 64.7 Å². The fourth-order valence-electron chi connectivity index (χ4n) is 5.10. The summed E-state index contributed by atoms with van der Waals surface area (Å²) in [7, 11) is -3.57. The molecule has 0 spiro atoms. The van der Waals surface area contributed by atoms with Crippen LogP contribution in [0.25, 0.3) is 0 Å². The first-order valence-corrected chi connectivity index (χ1v) is 11.5. The summed E-state index contributed by atoms with van der Waals surface area (Å²) in [6, 6.07) is 0.315. The minimum atomic E-state index is -3.57. The second-order valence-corrected chi connectivity index (χ2v) is 10.4. The molecule has 4 N–H and O–H groups in total. The van der Waals surface area contributed by atoms with Gasteiger partial charge in [0.25, 0.3) is 0 Å². The van der Waals surface area contributed by atoms with Crippen molar-refractivity contribution in [2.45, 2.75) is 82.8 Å². The van der Waals surface area contributed by atoms with Crippen LogP contribution < -0.4 is 15.8 Å². The van der Waals surface area contributed by atoms with Gasteiger partial charge in [0.1, 0.15) is 5.75 Å². The molecule has 0 aromatic carbocycles. The number of nitrogens with two attached hydrogens (primary N) is 1. The highest BCUT2D eigenvalue weighted by Crippen LogP contribution is 2.39. The molecule has 25 heavy (non-hydrogen) atoms. The zero-order chi connectivity index (χ0) is 18.0. The van der Waals surface area contributed by atoms with Gasteiger partial charge in [-0.25, -0.2) is 13.1 Å². The van der Waals surface area contributed by atoms with Crippen LogP contribution in [0.4, 0.5) is 0 Å². The van der Waals surface area contributed by atoms with Gasteiger partial charge in [-0.3, -0.25) is 4.79 Å². The first kappa shape index (κ1) is 19.1. The van der Waals surface area contributed by atoms with Crippen molar-refractivity contribution in [3.8, 4) is 0 Å². The molecule has 3 rings (SSSR count). The van der Waals surface area contributed by atoms with Crippen molar-refractivity contribution in [3.63, 3.8) is 0 Å². The summed E-state index contributed by atoms with van der Waals surface area (Å²) in [6.45, 7) is 2.20. The molecule has 6 nitrogen and oxygen atoms in total. The number of rotatable bonds is 5. The SMILES string of the molecule is CC1CCC(NS(=O)(=O)CC(=O)NC2C3CCCC2CC(N)C3)CC1. The molecule has 3 saturated carbocycles. The highest BCUT2D eigenvalue weighted by atomic mass is 32.2. The van der Waals surface area contributed by atoms with E-state index in [-0.39, 0.29) is 24.0 Å². The Bertz CT molecular complexity index is 558. The Morgan fingerprint density at radius 2 is 1.64 bits per heavy atom. The number of nitrogens with one attached hydrogen (secondary N) is 2. The second-order valence-electron chi connectivity index (χ2n) is 8.61. The summed E-state index contributed by atoms with van der Waals surface area (Å²) >= 11 is 0. The van der Waals surface area contributed by atoms with E-state index in [1.165, 1.54) is 6.42 Å². The molecule has 144 valence electrons. The summed E-state index contributed by atoms with van der Waals surface area (Å²) in [6.07, 6.45) is 9.06. The van der Waals surface area contributed by atoms with Gasteiger partial charge >= 0.3 is 0 Å². The van der Waals surface area contributed by atoms with E-state index >= 15 is 0 Å². The van der Waals surface area contributed by atoms with Crippen molar-refractivity contribution < 1.29 is 13.2 Å². The smallest absolute Gasteiger partial charge is 0.236 e. The summed E-state index contributed by atoms with van der Waals surface area (Å²) < 4.78 is 27.4. The van der Waals surface area contributed by atoms with Gasteiger partial charge in [-0.05, 0) is 69.1 Å². The van der Waals surface area contributed by atoms with Crippen molar-refractivity contribution in [1.82, 2.24) is 10.0 Å². The molecule has 0 aromatic heterocycles. The third-order valence-electron chi connectivity index (χ3n) is 6.39. The maximum Gasteiger partial charge on any atom is 0.236 e. The van der Waals surface area contributed by atoms with Gasteiger partial charge in [0.2, 0.25) is 15.9 Å². The molecule has 0 saturated heterocycles. The summed E-state index contributed by atoms with van der Waals surface area (Å²) in [4.78, 5) is 12.4. The van der Waals surface area contributed by atoms with Gasteiger partial charge in [-0.15, -0.1) is 0 Å². The van der Waals surface area contributed by atoms with Crippen LogP contribution in [-0.2, 0) is 14.8 Å². The van der Waals surface area contributed by atoms with Crippen LogP contribution >= 0.6 is 0 Å². The third-order valence-corrected chi connectivity index (χ3v) is 7.72. The molecule has 0 radical (unpaired) electrons. The molecule has 2 atom stereocenters. The lowest BCUT2D eigenvalue weighted by Crippen LogP contribution is -2.55. The number of hydrogen-bond acceptors (Lipinski definition) is 4. The predicted octanol–water partition coefficient (Wildman–Crippen LogP) is 1.51. The van der Waals surface area contributed by atoms with Crippen LogP contribution in [0.5, 0.6) is 0 Å². The Labute approximate surface area is 151 Å². The lowest BCUT2D eigenvalue weighted by molar-refractivity contribution is -0.120. The summed E-state index contributed by atoms with van der Waals surface area (Å²) in [5, 5.41) is 3.03. The van der Waals surface area contributed by atoms with E-state index < -0.39 is 15.8 Å². The Balaban J connectivity index is 1.51. The third kappa shape index (κ3) is 5.17. The van der Waals surface area contributed by atoms with Crippen LogP contribution in [-0.4, -0.2) is 38.2 Å². The maximum atomic E-state index is 12.4. The number of carbonyl (C=O) groups is 1. The molecule has 3 aliphatic rings. The normalized spacial score (nSPS) is 39.0. The molecule has 3 aliphatic carbocycles. The van der Waals surface area contributed by atoms with Crippen LogP contribution in [0.2, 0.25) is 0 Å². The van der Waals surface area contributed by atoms with E-state index in [4.69, 9.17) is 5.73 Å². The van der Waals surface area contributed by atoms with Gasteiger partial charge in [0.15, 0.2) is 0 Å². The predicted molar refractivity (Wildman–Crippen MR) is 98.3 cm³/mol. The Morgan fingerprint density at radius 1 is 1.04 bits per heavy atom. The molecule has 2 bridgehead atoms. The van der Waals surface area contributed by atoms with Crippen molar-refractivity contribution in [1.29, 1.82) is 0 Å². The molecular formula is C18H33N3O3S. The molecule has 3 fully saturated rings. The van der Waals surface area contributed by atoms with Gasteiger partial charge in [-0.1, -0.05) is 13.3 Å². The van der Waals surface area contributed by atoms with Crippen LogP contribution in [0.15, 0.2) is 0 Å². The zero-order valence-electron chi connectivity index (χ0n) is 15.2. The first-order chi connectivity index (χ1) is 11.8. The van der Waals surface area contributed by atoms with E-state index in [9.17, 15) is 13.2 Å². The molecule has 7 heteroatoms. The Morgan fingerprint density at radius 3 is 2.24 bits per heavy atom. The maximum absolute atomic E-state index is 12.4. The number of fused-ring (bicyclic) bond motifs is 2. The second kappa shape index (κ2) is 7.92. The molecule has 0 heterocycles. The Kier molecular flexibility index (Phi) is 6.06. The number of amides is 1. The summed E-state index contributed by atoms with van der Waals surface area (Å²) in [5.74, 6) is 0.653. The van der Waals surface area contributed by atoms with Crippen molar-refractivity contribution in [3.05, 3.63) is 0 Å². The molecule has 0 aromatic rings. The first-order valence-electron chi connectivity index (χ1n) is 9.87. The standard InChI is InChI=1S/C18H33N3O3S/c1-12-5-7-16(8-6-12)21-25(23,24)11-17(22)20-18-13-3-2-4-14(18)10-15(19)9-13/h12-16,18,21H,2-11,19H2,1H3,(H,20,22). The zero-order valence-corrected chi connectivity index (χ0v) is 16.1. The molecule has 2 unspecified atom stereocenters. The van der Waals surface area contributed by atoms with Gasteiger partial charge in [-0.2, -0.15) is 0 Å². The molecular weight excluding hydrogens is 338 g/mol. The fourth-order valence-corrected chi connectivity index (χ4v) is 6.35. The van der Waals surface area contributed by atoms with Gasteiger partial charge in [0.05, 0.1) is 0 Å². The van der Waals surface area contributed by atoms with Crippen molar-refractivity contribution in [2.24, 2.45) is 23.5 Å². The average Bonchev–Trinajstić information content (AvgIpc) is 2.49. The summed E-state index contributed by atoms with van der Waals surface area (Å²) in [5.41, 5.74) is 6.12. The largest absolute Gasteiger partial charge is 0.352 e. The van der Waals surface area contributed by atoms with Crippen LogP contribution in [0, 0.1) is 17.8 Å². The minimum Gasteiger partial charge on any atom is -0.352 e. The highest BCUT2D eigenvalue weighted by Gasteiger charge is 2.40. The highest BCUT2D eigenvalue weighted by molar-refractivity contribution is 7.90. The lowest BCUT2D eigenvalue weighted by Gasteiger charge is -2.45. The monoisotopic (exact) mass is 371 g/mol. The van der Waals surface area contributed by atoms with Crippen LogP contribution in [0.3, 0.4) is 0 Å². The minimum absolute atomic E-state index is 0.0129. The number of sulfonamides is 1. The number of carbonyl (C=O) groups excluding carboxylic acids is 1. The van der Waals surface area contributed by atoms with E-state index in [2.05, 4.69) is 17.0 Å². The van der Waals surface area contributed by atoms with Crippen molar-refractivity contribution >= 4 is 15.9 Å². The Hall–Kier alpha value is -0.660. The molecule has 0 aliphatic heterocycles. The topological polar surface area (TPSA) is 101 Å². The van der Waals surface area contributed by atoms with E-state index in [0.717, 1.165) is 51.4 Å². The lowest BCUT2D eigenvalue weighted by atomic mass is 9.67. The van der Waals surface area contributed by atoms with E-state index in [1.807, 2.05) is 0 Å². The fraction of sp³-hybridized carbons (Fsp3) is 0.944. The van der Waals surface area contributed by atoms with Gasteiger partial charge in [0, 0.05) is 18.1 Å². The van der Waals surface area contributed by atoms with Gasteiger partial charge < -0.3 is 11.1 Å². The van der Waals surface area contributed by atoms with E-state index in [1.54, 1.807) is 0 Å². The molecule has 1 amide bonds. The van der Waals surface area contributed by atoms with Crippen molar-refractivity contribution in [2.75, 3.05) is 5.75 Å². The van der Waals surface area contributed by atoms with E-state index in [0.29, 0.717) is 17.8 Å². The average molecular weight is 372 g/mol.